The van der Waals surface area contributed by atoms with Crippen LogP contribution in [0.1, 0.15) is 46.9 Å². The Labute approximate surface area is 204 Å². The van der Waals surface area contributed by atoms with Gasteiger partial charge in [-0.3, -0.25) is 39.4 Å². The molecule has 2 fully saturated rings. The third kappa shape index (κ3) is 4.57. The highest BCUT2D eigenvalue weighted by atomic mass is 16.6. The van der Waals surface area contributed by atoms with Crippen LogP contribution in [0.4, 0.5) is 11.4 Å². The minimum absolute atomic E-state index is 0.0729. The Hall–Kier alpha value is -4.48. The van der Waals surface area contributed by atoms with Crippen molar-refractivity contribution in [2.45, 2.75) is 26.2 Å². The molecule has 2 aromatic carbocycles. The number of hydrazine groups is 1. The van der Waals surface area contributed by atoms with Crippen LogP contribution in [0.3, 0.4) is 0 Å². The lowest BCUT2D eigenvalue weighted by molar-refractivity contribution is -0.385. The summed E-state index contributed by atoms with van der Waals surface area (Å²) in [6.07, 6.45) is 1.70. The number of nitro groups is 2. The van der Waals surface area contributed by atoms with Crippen molar-refractivity contribution < 1.29 is 29.0 Å². The van der Waals surface area contributed by atoms with Crippen molar-refractivity contribution >= 4 is 34.9 Å². The summed E-state index contributed by atoms with van der Waals surface area (Å²) in [5, 5.41) is 23.6. The predicted octanol–water partition coefficient (Wildman–Crippen LogP) is 3.16. The van der Waals surface area contributed by atoms with Gasteiger partial charge in [-0.2, -0.15) is 5.01 Å². The molecule has 1 aliphatic heterocycles. The maximum Gasteiger partial charge on any atom is 0.273 e. The van der Waals surface area contributed by atoms with Crippen LogP contribution in [-0.2, 0) is 9.59 Å². The molecular formula is C24H22N4O8. The smallest absolute Gasteiger partial charge is 0.273 e. The molecule has 12 nitrogen and oxygen atoms in total. The monoisotopic (exact) mass is 494 g/mol. The van der Waals surface area contributed by atoms with Crippen molar-refractivity contribution in [2.75, 3.05) is 6.54 Å². The van der Waals surface area contributed by atoms with Crippen molar-refractivity contribution in [1.29, 1.82) is 0 Å². The van der Waals surface area contributed by atoms with Crippen LogP contribution in [-0.4, -0.2) is 49.9 Å². The Morgan fingerprint density at radius 2 is 1.56 bits per heavy atom. The number of carbonyl (C=O) groups excluding carboxylic acids is 4. The number of Topliss-reactive ketones (excluding diaryl/α,β-unsaturated/α-hetero) is 1. The van der Waals surface area contributed by atoms with E-state index in [0.717, 1.165) is 29.6 Å². The molecule has 0 N–H and O–H groups in total. The Morgan fingerprint density at radius 3 is 2.19 bits per heavy atom. The molecule has 0 aromatic heterocycles. The Kier molecular flexibility index (Phi) is 6.60. The van der Waals surface area contributed by atoms with E-state index in [1.807, 2.05) is 6.92 Å². The van der Waals surface area contributed by atoms with Gasteiger partial charge in [0.15, 0.2) is 5.78 Å². The summed E-state index contributed by atoms with van der Waals surface area (Å²) in [7, 11) is 0. The molecule has 0 radical (unpaired) electrons. The van der Waals surface area contributed by atoms with Gasteiger partial charge in [0.1, 0.15) is 6.54 Å². The van der Waals surface area contributed by atoms with Gasteiger partial charge in [-0.1, -0.05) is 19.1 Å². The van der Waals surface area contributed by atoms with E-state index in [9.17, 15) is 39.4 Å². The third-order valence-electron chi connectivity index (χ3n) is 6.64. The minimum atomic E-state index is -0.878. The van der Waals surface area contributed by atoms with Gasteiger partial charge < -0.3 is 0 Å². The maximum atomic E-state index is 13.5. The number of amides is 3. The number of carbonyl (C=O) groups is 4. The molecule has 186 valence electrons. The van der Waals surface area contributed by atoms with Gasteiger partial charge >= 0.3 is 0 Å². The average Bonchev–Trinajstić information content (AvgIpc) is 3.11. The van der Waals surface area contributed by atoms with Crippen molar-refractivity contribution in [3.63, 3.8) is 0 Å². The fraction of sp³-hybridized carbons (Fsp3) is 0.333. The molecule has 36 heavy (non-hydrogen) atoms. The number of nitrogens with zero attached hydrogens (tertiary/aromatic N) is 4. The largest absolute Gasteiger partial charge is 0.292 e. The predicted molar refractivity (Wildman–Crippen MR) is 123 cm³/mol. The standard InChI is InChI=1S/C24H22N4O8/c1-14-5-10-19-20(11-14)24(32)26(23(19)31)25(22(30)15-6-8-17(9-7-15)27(33)34)13-21(29)16-3-2-4-18(12-16)28(35)36/h2-4,6-9,12,14,19-20H,5,10-11,13H2,1H3/t14-,19+,20+/m1/s1. The first-order chi connectivity index (χ1) is 17.1. The molecule has 1 saturated carbocycles. The summed E-state index contributed by atoms with van der Waals surface area (Å²) in [5.74, 6) is -3.77. The van der Waals surface area contributed by atoms with Crippen LogP contribution in [0.5, 0.6) is 0 Å². The second kappa shape index (κ2) is 9.64. The zero-order valence-corrected chi connectivity index (χ0v) is 19.2. The molecular weight excluding hydrogens is 472 g/mol. The van der Waals surface area contributed by atoms with E-state index in [1.165, 1.54) is 30.3 Å². The first kappa shape index (κ1) is 24.6. The molecule has 3 amide bonds. The number of fused-ring (bicyclic) bond motifs is 1. The van der Waals surface area contributed by atoms with Crippen LogP contribution in [0.15, 0.2) is 48.5 Å². The van der Waals surface area contributed by atoms with Gasteiger partial charge in [-0.05, 0) is 37.3 Å². The number of non-ortho nitro benzene ring substituents is 2. The van der Waals surface area contributed by atoms with Gasteiger partial charge in [-0.25, -0.2) is 5.01 Å². The summed E-state index contributed by atoms with van der Waals surface area (Å²) >= 11 is 0. The zero-order valence-electron chi connectivity index (χ0n) is 19.2. The zero-order chi connectivity index (χ0) is 26.1. The Bertz CT molecular complexity index is 1280. The number of ketones is 1. The molecule has 12 heteroatoms. The molecule has 1 saturated heterocycles. The first-order valence-electron chi connectivity index (χ1n) is 11.3. The number of hydrogen-bond donors (Lipinski definition) is 0. The van der Waals surface area contributed by atoms with Crippen LogP contribution < -0.4 is 0 Å². The van der Waals surface area contributed by atoms with Gasteiger partial charge in [0.05, 0.1) is 21.7 Å². The van der Waals surface area contributed by atoms with E-state index >= 15 is 0 Å². The van der Waals surface area contributed by atoms with E-state index in [2.05, 4.69) is 0 Å². The first-order valence-corrected chi connectivity index (χ1v) is 11.3. The molecule has 0 spiro atoms. The number of nitro benzene ring substituents is 2. The second-order valence-electron chi connectivity index (χ2n) is 9.02. The van der Waals surface area contributed by atoms with E-state index in [0.29, 0.717) is 17.9 Å². The summed E-state index contributed by atoms with van der Waals surface area (Å²) in [6, 6.07) is 9.44. The van der Waals surface area contributed by atoms with Gasteiger partial charge in [0, 0.05) is 35.4 Å². The molecule has 1 aliphatic carbocycles. The van der Waals surface area contributed by atoms with Crippen molar-refractivity contribution in [3.05, 3.63) is 79.9 Å². The van der Waals surface area contributed by atoms with Crippen molar-refractivity contribution in [1.82, 2.24) is 10.0 Å². The lowest BCUT2D eigenvalue weighted by Crippen LogP contribution is -2.52. The van der Waals surface area contributed by atoms with Gasteiger partial charge in [-0.15, -0.1) is 0 Å². The quantitative estimate of drug-likeness (QED) is 0.245. The molecule has 3 atom stereocenters. The minimum Gasteiger partial charge on any atom is -0.292 e. The number of benzene rings is 2. The molecule has 2 aliphatic rings. The summed E-state index contributed by atoms with van der Waals surface area (Å²) < 4.78 is 0. The number of imide groups is 1. The molecule has 1 heterocycles. The fourth-order valence-electron chi connectivity index (χ4n) is 4.74. The van der Waals surface area contributed by atoms with Crippen molar-refractivity contribution in [3.8, 4) is 0 Å². The molecule has 4 rings (SSSR count). The van der Waals surface area contributed by atoms with Gasteiger partial charge in [0.2, 0.25) is 0 Å². The SMILES string of the molecule is C[C@@H]1CC[C@@H]2C(=O)N(N(CC(=O)c3cccc([N+](=O)[O-])c3)C(=O)c3ccc([N+](=O)[O-])cc3)C(=O)[C@H]2C1. The van der Waals surface area contributed by atoms with Gasteiger partial charge in [0.25, 0.3) is 29.1 Å². The summed E-state index contributed by atoms with van der Waals surface area (Å²) in [5.41, 5.74) is -0.742. The van der Waals surface area contributed by atoms with Crippen LogP contribution in [0.2, 0.25) is 0 Å². The van der Waals surface area contributed by atoms with E-state index < -0.39 is 51.7 Å². The molecule has 0 bridgehead atoms. The Balaban J connectivity index is 1.70. The lowest BCUT2D eigenvalue weighted by atomic mass is 9.76. The average molecular weight is 494 g/mol. The Morgan fingerprint density at radius 1 is 0.917 bits per heavy atom. The van der Waals surface area contributed by atoms with Crippen LogP contribution in [0.25, 0.3) is 0 Å². The second-order valence-corrected chi connectivity index (χ2v) is 9.02. The number of hydrogen-bond acceptors (Lipinski definition) is 8. The lowest BCUT2D eigenvalue weighted by Gasteiger charge is -2.30. The van der Waals surface area contributed by atoms with E-state index in [1.54, 1.807) is 0 Å². The van der Waals surface area contributed by atoms with Crippen LogP contribution in [0, 0.1) is 38.0 Å². The molecule has 0 unspecified atom stereocenters. The maximum absolute atomic E-state index is 13.5. The highest BCUT2D eigenvalue weighted by Crippen LogP contribution is 2.41. The van der Waals surface area contributed by atoms with E-state index in [4.69, 9.17) is 0 Å². The highest BCUT2D eigenvalue weighted by molar-refractivity contribution is 6.09. The third-order valence-corrected chi connectivity index (χ3v) is 6.64. The fourth-order valence-corrected chi connectivity index (χ4v) is 4.74. The molecule has 2 aromatic rings. The summed E-state index contributed by atoms with van der Waals surface area (Å²) in [6.45, 7) is 1.24. The highest BCUT2D eigenvalue weighted by Gasteiger charge is 2.52. The van der Waals surface area contributed by atoms with E-state index in [-0.39, 0.29) is 28.4 Å². The normalized spacial score (nSPS) is 21.1. The number of rotatable bonds is 7. The van der Waals surface area contributed by atoms with Crippen molar-refractivity contribution in [2.24, 2.45) is 17.8 Å². The topological polar surface area (TPSA) is 161 Å². The van der Waals surface area contributed by atoms with Crippen LogP contribution >= 0.6 is 0 Å². The summed E-state index contributed by atoms with van der Waals surface area (Å²) in [4.78, 5) is 73.9.